The van der Waals surface area contributed by atoms with E-state index in [1.807, 2.05) is 0 Å². The molecule has 1 atom stereocenters. The van der Waals surface area contributed by atoms with Gasteiger partial charge >= 0.3 is 0 Å². The van der Waals surface area contributed by atoms with Crippen molar-refractivity contribution in [3.05, 3.63) is 60.2 Å². The Kier molecular flexibility index (Phi) is 5.20. The topological polar surface area (TPSA) is 80.9 Å². The highest BCUT2D eigenvalue weighted by Crippen LogP contribution is 2.33. The second kappa shape index (κ2) is 7.11. The molecule has 116 valence electrons. The van der Waals surface area contributed by atoms with Crippen molar-refractivity contribution in [2.75, 3.05) is 6.61 Å². The smallest absolute Gasteiger partial charge is 0.123 e. The highest BCUT2D eigenvalue weighted by atomic mass is 16.3. The van der Waals surface area contributed by atoms with Crippen LogP contribution in [0.4, 0.5) is 0 Å². The summed E-state index contributed by atoms with van der Waals surface area (Å²) in [4.78, 5) is 0. The summed E-state index contributed by atoms with van der Waals surface area (Å²) in [5.41, 5.74) is 2.93. The van der Waals surface area contributed by atoms with Crippen LogP contribution in [-0.4, -0.2) is 33.1 Å². The standard InChI is InChI=1S/C18H20O4/c1-2-3-14-10-13(5-7-17(14)21)16-9-12(4-6-18(16)22)8-15(20)11-19/h2,4-7,9-10,15,19-22H,1,3,8,11H2/t15-/m1/s1. The van der Waals surface area contributed by atoms with Crippen LogP contribution in [0.1, 0.15) is 11.1 Å². The number of benzene rings is 2. The van der Waals surface area contributed by atoms with Crippen molar-refractivity contribution in [2.45, 2.75) is 18.9 Å². The van der Waals surface area contributed by atoms with Gasteiger partial charge in [-0.2, -0.15) is 0 Å². The van der Waals surface area contributed by atoms with Crippen molar-refractivity contribution in [3.8, 4) is 22.6 Å². The molecule has 0 fully saturated rings. The van der Waals surface area contributed by atoms with E-state index in [1.54, 1.807) is 42.5 Å². The van der Waals surface area contributed by atoms with E-state index in [-0.39, 0.29) is 18.1 Å². The number of hydrogen-bond donors (Lipinski definition) is 4. The lowest BCUT2D eigenvalue weighted by molar-refractivity contribution is 0.0955. The molecule has 0 aliphatic carbocycles. The van der Waals surface area contributed by atoms with Crippen LogP contribution in [0.15, 0.2) is 49.1 Å². The van der Waals surface area contributed by atoms with Crippen LogP contribution in [0.3, 0.4) is 0 Å². The van der Waals surface area contributed by atoms with Crippen LogP contribution >= 0.6 is 0 Å². The van der Waals surface area contributed by atoms with Gasteiger partial charge in [-0.3, -0.25) is 0 Å². The quantitative estimate of drug-likeness (QED) is 0.618. The minimum Gasteiger partial charge on any atom is -0.508 e. The highest BCUT2D eigenvalue weighted by molar-refractivity contribution is 5.72. The van der Waals surface area contributed by atoms with Crippen LogP contribution in [0.25, 0.3) is 11.1 Å². The van der Waals surface area contributed by atoms with Gasteiger partial charge in [-0.25, -0.2) is 0 Å². The van der Waals surface area contributed by atoms with Gasteiger partial charge in [0.05, 0.1) is 12.7 Å². The number of aromatic hydroxyl groups is 2. The molecule has 4 heteroatoms. The fourth-order valence-electron chi connectivity index (χ4n) is 2.35. The number of hydrogen-bond acceptors (Lipinski definition) is 4. The van der Waals surface area contributed by atoms with Crippen LogP contribution < -0.4 is 0 Å². The fourth-order valence-corrected chi connectivity index (χ4v) is 2.35. The predicted molar refractivity (Wildman–Crippen MR) is 85.9 cm³/mol. The number of phenolic OH excluding ortho intramolecular Hbond substituents is 2. The van der Waals surface area contributed by atoms with Crippen molar-refractivity contribution in [1.82, 2.24) is 0 Å². The van der Waals surface area contributed by atoms with Crippen molar-refractivity contribution in [1.29, 1.82) is 0 Å². The summed E-state index contributed by atoms with van der Waals surface area (Å²) < 4.78 is 0. The first-order valence-corrected chi connectivity index (χ1v) is 7.09. The lowest BCUT2D eigenvalue weighted by Gasteiger charge is -2.12. The molecule has 2 rings (SSSR count). The average Bonchev–Trinajstić information content (AvgIpc) is 2.51. The lowest BCUT2D eigenvalue weighted by Crippen LogP contribution is -2.14. The van der Waals surface area contributed by atoms with Crippen molar-refractivity contribution >= 4 is 0 Å². The zero-order valence-electron chi connectivity index (χ0n) is 12.2. The number of phenols is 2. The molecular formula is C18H20O4. The van der Waals surface area contributed by atoms with Crippen molar-refractivity contribution in [2.24, 2.45) is 0 Å². The maximum absolute atomic E-state index is 10.1. The van der Waals surface area contributed by atoms with E-state index in [0.717, 1.165) is 16.7 Å². The molecule has 2 aromatic rings. The summed E-state index contributed by atoms with van der Waals surface area (Å²) in [6.07, 6.45) is 1.71. The first-order valence-electron chi connectivity index (χ1n) is 7.09. The summed E-state index contributed by atoms with van der Waals surface area (Å²) in [6.45, 7) is 3.35. The average molecular weight is 300 g/mol. The zero-order chi connectivity index (χ0) is 16.1. The van der Waals surface area contributed by atoms with Gasteiger partial charge in [-0.15, -0.1) is 6.58 Å². The van der Waals surface area contributed by atoms with Crippen LogP contribution in [0.5, 0.6) is 11.5 Å². The maximum atomic E-state index is 10.1. The summed E-state index contributed by atoms with van der Waals surface area (Å²) in [7, 11) is 0. The Labute approximate surface area is 129 Å². The van der Waals surface area contributed by atoms with E-state index in [9.17, 15) is 15.3 Å². The van der Waals surface area contributed by atoms with E-state index >= 15 is 0 Å². The minimum atomic E-state index is -0.825. The molecule has 4 N–H and O–H groups in total. The molecule has 22 heavy (non-hydrogen) atoms. The van der Waals surface area contributed by atoms with Gasteiger partial charge in [0.2, 0.25) is 0 Å². The molecule has 0 unspecified atom stereocenters. The summed E-state index contributed by atoms with van der Waals surface area (Å²) >= 11 is 0. The third-order valence-electron chi connectivity index (χ3n) is 3.50. The summed E-state index contributed by atoms with van der Waals surface area (Å²) in [5.74, 6) is 0.312. The van der Waals surface area contributed by atoms with Gasteiger partial charge in [-0.05, 0) is 47.4 Å². The normalized spacial score (nSPS) is 12.1. The van der Waals surface area contributed by atoms with E-state index < -0.39 is 6.10 Å². The molecule has 0 amide bonds. The molecule has 0 spiro atoms. The highest BCUT2D eigenvalue weighted by Gasteiger charge is 2.10. The molecule has 0 bridgehead atoms. The van der Waals surface area contributed by atoms with E-state index in [2.05, 4.69) is 6.58 Å². The Hall–Kier alpha value is -2.30. The molecular weight excluding hydrogens is 280 g/mol. The Bertz CT molecular complexity index is 664. The Morgan fingerprint density at radius 1 is 1.05 bits per heavy atom. The summed E-state index contributed by atoms with van der Waals surface area (Å²) in [5, 5.41) is 38.4. The lowest BCUT2D eigenvalue weighted by atomic mass is 9.97. The van der Waals surface area contributed by atoms with Gasteiger partial charge in [0.15, 0.2) is 0 Å². The third-order valence-corrected chi connectivity index (χ3v) is 3.50. The van der Waals surface area contributed by atoms with Crippen LogP contribution in [0, 0.1) is 0 Å². The molecule has 2 aromatic carbocycles. The Balaban J connectivity index is 2.40. The van der Waals surface area contributed by atoms with Crippen LogP contribution in [0.2, 0.25) is 0 Å². The number of aliphatic hydroxyl groups excluding tert-OH is 2. The third kappa shape index (κ3) is 3.67. The monoisotopic (exact) mass is 300 g/mol. The van der Waals surface area contributed by atoms with E-state index in [0.29, 0.717) is 18.4 Å². The van der Waals surface area contributed by atoms with Gasteiger partial charge in [-0.1, -0.05) is 18.2 Å². The van der Waals surface area contributed by atoms with Gasteiger partial charge in [0.25, 0.3) is 0 Å². The van der Waals surface area contributed by atoms with Gasteiger partial charge in [0.1, 0.15) is 11.5 Å². The molecule has 0 aliphatic rings. The number of aliphatic hydroxyl groups is 2. The molecule has 4 nitrogen and oxygen atoms in total. The van der Waals surface area contributed by atoms with Crippen LogP contribution in [-0.2, 0) is 12.8 Å². The first-order chi connectivity index (χ1) is 10.5. The van der Waals surface area contributed by atoms with E-state index in [1.165, 1.54) is 0 Å². The molecule has 0 radical (unpaired) electrons. The fraction of sp³-hybridized carbons (Fsp3) is 0.222. The van der Waals surface area contributed by atoms with E-state index in [4.69, 9.17) is 5.11 Å². The van der Waals surface area contributed by atoms with Crippen molar-refractivity contribution < 1.29 is 20.4 Å². The van der Waals surface area contributed by atoms with Gasteiger partial charge in [0, 0.05) is 12.0 Å². The molecule has 0 saturated carbocycles. The van der Waals surface area contributed by atoms with Crippen molar-refractivity contribution in [3.63, 3.8) is 0 Å². The molecule has 0 heterocycles. The first kappa shape index (κ1) is 16.1. The second-order valence-corrected chi connectivity index (χ2v) is 5.23. The minimum absolute atomic E-state index is 0.123. The molecule has 0 aromatic heterocycles. The SMILES string of the molecule is C=CCc1cc(-c2cc(C[C@@H](O)CO)ccc2O)ccc1O. The molecule has 0 saturated heterocycles. The zero-order valence-corrected chi connectivity index (χ0v) is 12.2. The van der Waals surface area contributed by atoms with Gasteiger partial charge < -0.3 is 20.4 Å². The second-order valence-electron chi connectivity index (χ2n) is 5.23. The largest absolute Gasteiger partial charge is 0.508 e. The Morgan fingerprint density at radius 3 is 2.45 bits per heavy atom. The summed E-state index contributed by atoms with van der Waals surface area (Å²) in [6, 6.07) is 10.2. The predicted octanol–water partition coefficient (Wildman–Crippen LogP) is 2.39. The molecule has 0 aliphatic heterocycles. The number of rotatable bonds is 6. The number of allylic oxidation sites excluding steroid dienone is 1. The Morgan fingerprint density at radius 2 is 1.77 bits per heavy atom. The maximum Gasteiger partial charge on any atom is 0.123 e.